The van der Waals surface area contributed by atoms with Crippen LogP contribution in [0.25, 0.3) is 0 Å². The summed E-state index contributed by atoms with van der Waals surface area (Å²) in [5.74, 6) is 2.46. The monoisotopic (exact) mass is 281 g/mol. The van der Waals surface area contributed by atoms with E-state index >= 15 is 0 Å². The Morgan fingerprint density at radius 1 is 1.32 bits per heavy atom. The average Bonchev–Trinajstić information content (AvgIpc) is 2.88. The van der Waals surface area contributed by atoms with E-state index in [4.69, 9.17) is 10.00 Å². The fraction of sp³-hybridized carbons (Fsp3) is 0.929. The van der Waals surface area contributed by atoms with Crippen molar-refractivity contribution in [2.24, 2.45) is 0 Å². The molecule has 3 rings (SSSR count). The highest BCUT2D eigenvalue weighted by molar-refractivity contribution is 7.99. The van der Waals surface area contributed by atoms with Gasteiger partial charge in [-0.15, -0.1) is 0 Å². The predicted octanol–water partition coefficient (Wildman–Crippen LogP) is 1.18. The summed E-state index contributed by atoms with van der Waals surface area (Å²) >= 11 is 2.05. The molecular formula is C14H23N3OS. The molecule has 106 valence electrons. The molecule has 4 nitrogen and oxygen atoms in total. The van der Waals surface area contributed by atoms with E-state index in [0.717, 1.165) is 32.8 Å². The molecule has 1 spiro atoms. The first kappa shape index (κ1) is 13.7. The van der Waals surface area contributed by atoms with Crippen molar-refractivity contribution in [1.29, 1.82) is 5.26 Å². The van der Waals surface area contributed by atoms with E-state index in [1.165, 1.54) is 30.8 Å². The zero-order chi connectivity index (χ0) is 13.1. The van der Waals surface area contributed by atoms with Crippen LogP contribution in [0.2, 0.25) is 0 Å². The molecular weight excluding hydrogens is 258 g/mol. The molecule has 3 fully saturated rings. The summed E-state index contributed by atoms with van der Waals surface area (Å²) in [7, 11) is 0. The molecule has 3 heterocycles. The zero-order valence-corrected chi connectivity index (χ0v) is 12.3. The molecule has 0 aromatic heterocycles. The lowest BCUT2D eigenvalue weighted by Gasteiger charge is -2.45. The van der Waals surface area contributed by atoms with Gasteiger partial charge in [-0.3, -0.25) is 9.80 Å². The lowest BCUT2D eigenvalue weighted by atomic mass is 9.88. The van der Waals surface area contributed by atoms with Crippen LogP contribution in [0, 0.1) is 11.3 Å². The molecule has 0 radical (unpaired) electrons. The van der Waals surface area contributed by atoms with Crippen molar-refractivity contribution in [1.82, 2.24) is 9.80 Å². The summed E-state index contributed by atoms with van der Waals surface area (Å²) in [6.07, 6.45) is 3.64. The first-order valence-electron chi connectivity index (χ1n) is 7.36. The van der Waals surface area contributed by atoms with E-state index in [9.17, 15) is 0 Å². The molecule has 0 aromatic rings. The maximum absolute atomic E-state index is 8.75. The van der Waals surface area contributed by atoms with Crippen LogP contribution >= 0.6 is 11.8 Å². The predicted molar refractivity (Wildman–Crippen MR) is 77.3 cm³/mol. The van der Waals surface area contributed by atoms with E-state index in [-0.39, 0.29) is 5.60 Å². The normalized spacial score (nSPS) is 37.5. The molecule has 19 heavy (non-hydrogen) atoms. The van der Waals surface area contributed by atoms with Crippen molar-refractivity contribution in [2.45, 2.75) is 30.9 Å². The third-order valence-electron chi connectivity index (χ3n) is 4.75. The van der Waals surface area contributed by atoms with Gasteiger partial charge in [0.05, 0.1) is 18.2 Å². The molecule has 0 aromatic carbocycles. The standard InChI is InChI=1S/C14H23N3OS/c15-3-4-16-5-7-17(8-6-16)13-1-9-18-14(11-13)2-10-19-12-14/h13H,1-2,4-12H2. The van der Waals surface area contributed by atoms with Gasteiger partial charge in [-0.1, -0.05) is 0 Å². The molecule has 0 amide bonds. The lowest BCUT2D eigenvalue weighted by Crippen LogP contribution is -2.55. The summed E-state index contributed by atoms with van der Waals surface area (Å²) in [5.41, 5.74) is 0.192. The fourth-order valence-corrected chi connectivity index (χ4v) is 4.94. The van der Waals surface area contributed by atoms with E-state index < -0.39 is 0 Å². The second-order valence-corrected chi connectivity index (χ2v) is 7.06. The molecule has 3 saturated heterocycles. The first-order chi connectivity index (χ1) is 9.31. The fourth-order valence-electron chi connectivity index (χ4n) is 3.56. The van der Waals surface area contributed by atoms with Crippen LogP contribution in [0.4, 0.5) is 0 Å². The Morgan fingerprint density at radius 2 is 2.16 bits per heavy atom. The second-order valence-electron chi connectivity index (χ2n) is 5.95. The molecule has 0 N–H and O–H groups in total. The van der Waals surface area contributed by atoms with Gasteiger partial charge in [0.25, 0.3) is 0 Å². The largest absolute Gasteiger partial charge is 0.374 e. The Bertz CT molecular complexity index is 343. The Labute approximate surface area is 120 Å². The van der Waals surface area contributed by atoms with Crippen LogP contribution in [0.3, 0.4) is 0 Å². The highest BCUT2D eigenvalue weighted by Crippen LogP contribution is 2.39. The van der Waals surface area contributed by atoms with Crippen LogP contribution in [-0.4, -0.2) is 72.3 Å². The van der Waals surface area contributed by atoms with Gasteiger partial charge in [0.15, 0.2) is 0 Å². The third-order valence-corrected chi connectivity index (χ3v) is 5.97. The summed E-state index contributed by atoms with van der Waals surface area (Å²) in [6, 6.07) is 2.96. The summed E-state index contributed by atoms with van der Waals surface area (Å²) in [5, 5.41) is 8.75. The van der Waals surface area contributed by atoms with Gasteiger partial charge in [0.1, 0.15) is 0 Å². The number of nitriles is 1. The molecule has 3 aliphatic rings. The molecule has 2 atom stereocenters. The number of piperazine rings is 1. The highest BCUT2D eigenvalue weighted by Gasteiger charge is 2.42. The van der Waals surface area contributed by atoms with Crippen molar-refractivity contribution in [2.75, 3.05) is 50.8 Å². The minimum Gasteiger partial charge on any atom is -0.374 e. The van der Waals surface area contributed by atoms with Crippen molar-refractivity contribution in [3.05, 3.63) is 0 Å². The maximum Gasteiger partial charge on any atom is 0.0866 e. The SMILES string of the molecule is N#CCN1CCN(C2CCOC3(CCSC3)C2)CC1. The van der Waals surface area contributed by atoms with Gasteiger partial charge in [-0.05, 0) is 25.0 Å². The molecule has 2 unspecified atom stereocenters. The number of thioether (sulfide) groups is 1. The highest BCUT2D eigenvalue weighted by atomic mass is 32.2. The average molecular weight is 281 g/mol. The van der Waals surface area contributed by atoms with Crippen LogP contribution in [0.1, 0.15) is 19.3 Å². The Hall–Kier alpha value is -0.280. The van der Waals surface area contributed by atoms with Gasteiger partial charge in [0, 0.05) is 44.6 Å². The van der Waals surface area contributed by atoms with Crippen LogP contribution < -0.4 is 0 Å². The summed E-state index contributed by atoms with van der Waals surface area (Å²) < 4.78 is 6.11. The number of hydrogen-bond acceptors (Lipinski definition) is 5. The lowest BCUT2D eigenvalue weighted by molar-refractivity contribution is -0.0937. The van der Waals surface area contributed by atoms with Crippen molar-refractivity contribution in [3.8, 4) is 6.07 Å². The Kier molecular flexibility index (Phi) is 4.33. The summed E-state index contributed by atoms with van der Waals surface area (Å²) in [4.78, 5) is 4.90. The Morgan fingerprint density at radius 3 is 2.84 bits per heavy atom. The second kappa shape index (κ2) is 6.01. The number of ether oxygens (including phenoxy) is 1. The number of rotatable bonds is 2. The molecule has 3 aliphatic heterocycles. The van der Waals surface area contributed by atoms with Crippen LogP contribution in [0.15, 0.2) is 0 Å². The first-order valence-corrected chi connectivity index (χ1v) is 8.52. The van der Waals surface area contributed by atoms with Gasteiger partial charge in [0.2, 0.25) is 0 Å². The van der Waals surface area contributed by atoms with Gasteiger partial charge in [-0.25, -0.2) is 0 Å². The van der Waals surface area contributed by atoms with Gasteiger partial charge in [-0.2, -0.15) is 17.0 Å². The van der Waals surface area contributed by atoms with Crippen molar-refractivity contribution in [3.63, 3.8) is 0 Å². The maximum atomic E-state index is 8.75. The van der Waals surface area contributed by atoms with E-state index in [0.29, 0.717) is 12.6 Å². The van der Waals surface area contributed by atoms with Crippen molar-refractivity contribution >= 4 is 11.8 Å². The number of hydrogen-bond donors (Lipinski definition) is 0. The third kappa shape index (κ3) is 3.08. The molecule has 0 aliphatic carbocycles. The van der Waals surface area contributed by atoms with E-state index in [2.05, 4.69) is 15.9 Å². The van der Waals surface area contributed by atoms with E-state index in [1.807, 2.05) is 11.8 Å². The minimum absolute atomic E-state index is 0.192. The van der Waals surface area contributed by atoms with Crippen LogP contribution in [-0.2, 0) is 4.74 Å². The molecule has 0 bridgehead atoms. The molecule has 5 heteroatoms. The topological polar surface area (TPSA) is 39.5 Å². The van der Waals surface area contributed by atoms with E-state index in [1.54, 1.807) is 0 Å². The summed E-state index contributed by atoms with van der Waals surface area (Å²) in [6.45, 7) is 5.86. The zero-order valence-electron chi connectivity index (χ0n) is 11.5. The molecule has 0 saturated carbocycles. The minimum atomic E-state index is 0.192. The smallest absolute Gasteiger partial charge is 0.0866 e. The quantitative estimate of drug-likeness (QED) is 0.711. The number of nitrogens with zero attached hydrogens (tertiary/aromatic N) is 3. The van der Waals surface area contributed by atoms with Gasteiger partial charge < -0.3 is 4.74 Å². The van der Waals surface area contributed by atoms with Crippen molar-refractivity contribution < 1.29 is 4.74 Å². The van der Waals surface area contributed by atoms with Gasteiger partial charge >= 0.3 is 0 Å². The Balaban J connectivity index is 1.54. The van der Waals surface area contributed by atoms with Crippen LogP contribution in [0.5, 0.6) is 0 Å².